The quantitative estimate of drug-likeness (QED) is 0.375. The van der Waals surface area contributed by atoms with Crippen molar-refractivity contribution in [1.29, 1.82) is 0 Å². The molecule has 0 saturated heterocycles. The van der Waals surface area contributed by atoms with E-state index in [1.54, 1.807) is 0 Å². The minimum absolute atomic E-state index is 0.0267. The van der Waals surface area contributed by atoms with Gasteiger partial charge in [0.2, 0.25) is 9.05 Å². The maximum atomic E-state index is 11.1. The molecule has 0 aromatic rings. The largest absolute Gasteiger partial charge is 0.381 e. The van der Waals surface area contributed by atoms with Crippen molar-refractivity contribution in [3.8, 4) is 0 Å². The SMILES string of the molecule is CCCCCCCCOCC(CCC)CS(=O)(=O)Cl. The van der Waals surface area contributed by atoms with E-state index in [0.717, 1.165) is 25.9 Å². The fourth-order valence-corrected chi connectivity index (χ4v) is 3.50. The molecule has 0 heterocycles. The first-order valence-corrected chi connectivity index (χ1v) is 9.97. The van der Waals surface area contributed by atoms with Crippen LogP contribution in [-0.4, -0.2) is 27.4 Å². The van der Waals surface area contributed by atoms with Gasteiger partial charge in [-0.2, -0.15) is 0 Å². The van der Waals surface area contributed by atoms with Crippen LogP contribution in [0.2, 0.25) is 0 Å². The van der Waals surface area contributed by atoms with Crippen molar-refractivity contribution in [2.75, 3.05) is 19.0 Å². The number of rotatable bonds is 13. The van der Waals surface area contributed by atoms with Crippen molar-refractivity contribution in [2.45, 2.75) is 65.2 Å². The summed E-state index contributed by atoms with van der Waals surface area (Å²) in [5.41, 5.74) is 0. The summed E-state index contributed by atoms with van der Waals surface area (Å²) in [5.74, 6) is 0.0615. The van der Waals surface area contributed by atoms with Crippen LogP contribution in [0.15, 0.2) is 0 Å². The predicted molar refractivity (Wildman–Crippen MR) is 82.2 cm³/mol. The molecule has 0 spiro atoms. The molecule has 1 atom stereocenters. The maximum Gasteiger partial charge on any atom is 0.232 e. The molecule has 0 aliphatic rings. The van der Waals surface area contributed by atoms with Crippen molar-refractivity contribution in [3.63, 3.8) is 0 Å². The van der Waals surface area contributed by atoms with Crippen molar-refractivity contribution < 1.29 is 13.2 Å². The van der Waals surface area contributed by atoms with E-state index >= 15 is 0 Å². The van der Waals surface area contributed by atoms with Crippen LogP contribution in [0.4, 0.5) is 0 Å². The molecule has 0 fully saturated rings. The number of hydrogen-bond acceptors (Lipinski definition) is 3. The number of halogens is 1. The summed E-state index contributed by atoms with van der Waals surface area (Å²) in [6.45, 7) is 5.49. The Kier molecular flexibility index (Phi) is 12.1. The van der Waals surface area contributed by atoms with Crippen molar-refractivity contribution in [3.05, 3.63) is 0 Å². The Morgan fingerprint density at radius 3 is 2.21 bits per heavy atom. The maximum absolute atomic E-state index is 11.1. The Balaban J connectivity index is 3.59. The van der Waals surface area contributed by atoms with Gasteiger partial charge >= 0.3 is 0 Å². The van der Waals surface area contributed by atoms with E-state index in [9.17, 15) is 8.42 Å². The molecule has 0 rings (SSSR count). The monoisotopic (exact) mass is 312 g/mol. The third kappa shape index (κ3) is 14.4. The van der Waals surface area contributed by atoms with Gasteiger partial charge in [0, 0.05) is 17.3 Å². The first kappa shape index (κ1) is 19.2. The molecule has 0 aliphatic heterocycles. The van der Waals surface area contributed by atoms with Crippen molar-refractivity contribution >= 4 is 19.7 Å². The van der Waals surface area contributed by atoms with Crippen molar-refractivity contribution in [1.82, 2.24) is 0 Å². The Morgan fingerprint density at radius 2 is 1.63 bits per heavy atom. The minimum Gasteiger partial charge on any atom is -0.381 e. The lowest BCUT2D eigenvalue weighted by molar-refractivity contribution is 0.0992. The molecule has 0 aromatic heterocycles. The fourth-order valence-electron chi connectivity index (χ4n) is 2.14. The summed E-state index contributed by atoms with van der Waals surface area (Å²) >= 11 is 0. The zero-order chi connectivity index (χ0) is 14.6. The summed E-state index contributed by atoms with van der Waals surface area (Å²) in [7, 11) is 1.88. The Morgan fingerprint density at radius 1 is 1.00 bits per heavy atom. The van der Waals surface area contributed by atoms with Crippen LogP contribution in [0.3, 0.4) is 0 Å². The van der Waals surface area contributed by atoms with Gasteiger partial charge in [0.1, 0.15) is 0 Å². The van der Waals surface area contributed by atoms with Crippen LogP contribution < -0.4 is 0 Å². The third-order valence-corrected chi connectivity index (χ3v) is 4.38. The van der Waals surface area contributed by atoms with E-state index in [-0.39, 0.29) is 11.7 Å². The van der Waals surface area contributed by atoms with Crippen molar-refractivity contribution in [2.24, 2.45) is 5.92 Å². The number of unbranched alkanes of at least 4 members (excludes halogenated alkanes) is 5. The van der Waals surface area contributed by atoms with Gasteiger partial charge in [-0.3, -0.25) is 0 Å². The van der Waals surface area contributed by atoms with Gasteiger partial charge in [0.15, 0.2) is 0 Å². The lowest BCUT2D eigenvalue weighted by atomic mass is 10.1. The van der Waals surface area contributed by atoms with Gasteiger partial charge in [-0.05, 0) is 18.8 Å². The molecule has 3 nitrogen and oxygen atoms in total. The number of hydrogen-bond donors (Lipinski definition) is 0. The first-order chi connectivity index (χ1) is 8.99. The normalized spacial score (nSPS) is 13.6. The lowest BCUT2D eigenvalue weighted by Crippen LogP contribution is -2.18. The molecule has 0 saturated carbocycles. The second-order valence-electron chi connectivity index (χ2n) is 5.20. The summed E-state index contributed by atoms with van der Waals surface area (Å²) < 4.78 is 27.7. The molecule has 5 heteroatoms. The summed E-state index contributed by atoms with van der Waals surface area (Å²) in [6, 6.07) is 0. The molecule has 0 amide bonds. The predicted octanol–water partition coefficient (Wildman–Crippen LogP) is 4.35. The molecule has 0 radical (unpaired) electrons. The number of ether oxygens (including phenoxy) is 1. The van der Waals surface area contributed by atoms with Crippen LogP contribution in [0.25, 0.3) is 0 Å². The Bertz CT molecular complexity index is 291. The van der Waals surface area contributed by atoms with E-state index in [1.807, 2.05) is 6.92 Å². The van der Waals surface area contributed by atoms with E-state index in [2.05, 4.69) is 6.92 Å². The summed E-state index contributed by atoms with van der Waals surface area (Å²) in [5, 5.41) is 0. The first-order valence-electron chi connectivity index (χ1n) is 7.49. The smallest absolute Gasteiger partial charge is 0.232 e. The van der Waals surface area contributed by atoms with Crippen LogP contribution in [0, 0.1) is 5.92 Å². The molecule has 0 N–H and O–H groups in total. The van der Waals surface area contributed by atoms with E-state index in [1.165, 1.54) is 32.1 Å². The van der Waals surface area contributed by atoms with Gasteiger partial charge in [0.05, 0.1) is 12.4 Å². The minimum atomic E-state index is -3.41. The average Bonchev–Trinajstić information content (AvgIpc) is 2.31. The molecule has 0 bridgehead atoms. The third-order valence-electron chi connectivity index (χ3n) is 3.13. The zero-order valence-corrected chi connectivity index (χ0v) is 13.9. The Hall–Kier alpha value is 0.200. The highest BCUT2D eigenvalue weighted by atomic mass is 35.7. The molecule has 116 valence electrons. The summed E-state index contributed by atoms with van der Waals surface area (Å²) in [6.07, 6.45) is 9.22. The second kappa shape index (κ2) is 12.0. The lowest BCUT2D eigenvalue weighted by Gasteiger charge is -2.14. The highest BCUT2D eigenvalue weighted by Crippen LogP contribution is 2.13. The van der Waals surface area contributed by atoms with Gasteiger partial charge < -0.3 is 4.74 Å². The molecule has 0 aromatic carbocycles. The topological polar surface area (TPSA) is 43.4 Å². The zero-order valence-electron chi connectivity index (χ0n) is 12.4. The average molecular weight is 313 g/mol. The highest BCUT2D eigenvalue weighted by Gasteiger charge is 2.16. The van der Waals surface area contributed by atoms with Gasteiger partial charge in [-0.15, -0.1) is 0 Å². The van der Waals surface area contributed by atoms with E-state index < -0.39 is 9.05 Å². The van der Waals surface area contributed by atoms with Gasteiger partial charge in [0.25, 0.3) is 0 Å². The Labute approximate surface area is 123 Å². The molecule has 0 aliphatic carbocycles. The standard InChI is InChI=1S/C14H29ClO3S/c1-3-5-6-7-8-9-11-18-12-14(10-4-2)13-19(15,16)17/h14H,3-13H2,1-2H3. The fraction of sp³-hybridized carbons (Fsp3) is 1.00. The molecular formula is C14H29ClO3S. The molecule has 19 heavy (non-hydrogen) atoms. The molecule has 1 unspecified atom stereocenters. The van der Waals surface area contributed by atoms with Gasteiger partial charge in [-0.1, -0.05) is 52.4 Å². The van der Waals surface area contributed by atoms with Crippen LogP contribution >= 0.6 is 10.7 Å². The van der Waals surface area contributed by atoms with E-state index in [4.69, 9.17) is 15.4 Å². The van der Waals surface area contributed by atoms with E-state index in [0.29, 0.717) is 6.61 Å². The highest BCUT2D eigenvalue weighted by molar-refractivity contribution is 8.13. The molecular weight excluding hydrogens is 284 g/mol. The van der Waals surface area contributed by atoms with Crippen LogP contribution in [0.5, 0.6) is 0 Å². The van der Waals surface area contributed by atoms with Crippen LogP contribution in [-0.2, 0) is 13.8 Å². The summed E-state index contributed by atoms with van der Waals surface area (Å²) in [4.78, 5) is 0. The van der Waals surface area contributed by atoms with Crippen LogP contribution in [0.1, 0.15) is 65.2 Å². The van der Waals surface area contributed by atoms with Gasteiger partial charge in [-0.25, -0.2) is 8.42 Å². The second-order valence-corrected chi connectivity index (χ2v) is 8.02.